The highest BCUT2D eigenvalue weighted by Gasteiger charge is 2.67. The van der Waals surface area contributed by atoms with Gasteiger partial charge in [0.2, 0.25) is 5.92 Å². The fourth-order valence-corrected chi connectivity index (χ4v) is 6.57. The van der Waals surface area contributed by atoms with E-state index in [1.54, 1.807) is 24.4 Å². The molecule has 2 aromatic heterocycles. The van der Waals surface area contributed by atoms with E-state index in [2.05, 4.69) is 38.9 Å². The molecule has 2 atom stereocenters. The zero-order valence-electron chi connectivity index (χ0n) is 24.3. The number of aromatic nitrogens is 3. The minimum atomic E-state index is -4.50. The van der Waals surface area contributed by atoms with Gasteiger partial charge in [0.25, 0.3) is 0 Å². The molecule has 0 aromatic carbocycles. The Morgan fingerprint density at radius 3 is 2.44 bits per heavy atom. The Balaban J connectivity index is 1.25. The first-order valence-electron chi connectivity index (χ1n) is 14.8. The fourth-order valence-electron chi connectivity index (χ4n) is 6.57. The summed E-state index contributed by atoms with van der Waals surface area (Å²) in [7, 11) is 0. The zero-order valence-corrected chi connectivity index (χ0v) is 24.3. The highest BCUT2D eigenvalue weighted by Crippen LogP contribution is 2.60. The number of allylic oxidation sites excluding steroid dienone is 1. The van der Waals surface area contributed by atoms with Gasteiger partial charge in [-0.05, 0) is 43.7 Å². The van der Waals surface area contributed by atoms with E-state index in [0.29, 0.717) is 27.6 Å². The quantitative estimate of drug-likeness (QED) is 0.255. The van der Waals surface area contributed by atoms with Gasteiger partial charge in [-0.1, -0.05) is 19.2 Å². The number of aliphatic imine (C=N–C) groups is 1. The lowest BCUT2D eigenvalue weighted by molar-refractivity contribution is -0.252. The molecule has 0 spiro atoms. The summed E-state index contributed by atoms with van der Waals surface area (Å²) in [5, 5.41) is 10.5. The van der Waals surface area contributed by atoms with Crippen LogP contribution >= 0.6 is 0 Å². The van der Waals surface area contributed by atoms with E-state index in [1.165, 1.54) is 4.52 Å². The van der Waals surface area contributed by atoms with E-state index in [1.807, 2.05) is 0 Å². The summed E-state index contributed by atoms with van der Waals surface area (Å²) in [5.41, 5.74) is 0.268. The molecule has 0 radical (unpaired) electrons. The van der Waals surface area contributed by atoms with E-state index in [0.717, 1.165) is 0 Å². The van der Waals surface area contributed by atoms with Crippen molar-refractivity contribution in [2.75, 3.05) is 19.8 Å². The lowest BCUT2D eigenvalue weighted by Gasteiger charge is -2.36. The van der Waals surface area contributed by atoms with Crippen LogP contribution in [0.3, 0.4) is 0 Å². The molecule has 244 valence electrons. The number of fused-ring (bicyclic) bond motifs is 1. The van der Waals surface area contributed by atoms with Crippen molar-refractivity contribution in [3.8, 4) is 0 Å². The van der Waals surface area contributed by atoms with Crippen molar-refractivity contribution in [1.29, 1.82) is 0 Å². The van der Waals surface area contributed by atoms with Crippen molar-refractivity contribution in [3.05, 3.63) is 65.9 Å². The largest absolute Gasteiger partial charge is 0.461 e. The van der Waals surface area contributed by atoms with Crippen LogP contribution in [-0.2, 0) is 6.42 Å². The summed E-state index contributed by atoms with van der Waals surface area (Å²) in [5.74, 6) is -3.68. The Morgan fingerprint density at radius 1 is 1.09 bits per heavy atom. The summed E-state index contributed by atoms with van der Waals surface area (Å²) < 4.78 is 111. The maximum Gasteiger partial charge on any atom is 0.461 e. The molecule has 2 N–H and O–H groups in total. The Hall–Kier alpha value is -3.49. The highest BCUT2D eigenvalue weighted by atomic mass is 19.4. The van der Waals surface area contributed by atoms with E-state index >= 15 is 0 Å². The third-order valence-electron chi connectivity index (χ3n) is 9.39. The second-order valence-electron chi connectivity index (χ2n) is 12.4. The van der Waals surface area contributed by atoms with Gasteiger partial charge in [0.05, 0.1) is 42.6 Å². The Kier molecular flexibility index (Phi) is 7.76. The van der Waals surface area contributed by atoms with Crippen LogP contribution in [0, 0.1) is 17.3 Å². The molecule has 6 rings (SSSR count). The molecular formula is C30H33F8N7. The van der Waals surface area contributed by atoms with Crippen molar-refractivity contribution in [3.63, 3.8) is 0 Å². The number of imidazole rings is 1. The topological polar surface area (TPSA) is 69.8 Å². The van der Waals surface area contributed by atoms with Crippen LogP contribution < -0.4 is 10.6 Å². The molecule has 3 fully saturated rings. The summed E-state index contributed by atoms with van der Waals surface area (Å²) in [6, 6.07) is 2.66. The van der Waals surface area contributed by atoms with Crippen LogP contribution in [0.25, 0.3) is 5.65 Å². The number of hydrogen-bond acceptors (Lipinski definition) is 6. The van der Waals surface area contributed by atoms with Gasteiger partial charge in [-0.15, -0.1) is 0 Å². The van der Waals surface area contributed by atoms with Crippen LogP contribution in [0.1, 0.15) is 56.0 Å². The van der Waals surface area contributed by atoms with Crippen LogP contribution in [0.5, 0.6) is 0 Å². The lowest BCUT2D eigenvalue weighted by Crippen LogP contribution is -2.52. The highest BCUT2D eigenvalue weighted by molar-refractivity contribution is 6.10. The first kappa shape index (κ1) is 31.5. The average Bonchev–Trinajstić information content (AvgIpc) is 3.44. The van der Waals surface area contributed by atoms with Gasteiger partial charge >= 0.3 is 12.5 Å². The number of rotatable bonds is 8. The molecule has 2 saturated carbocycles. The normalized spacial score (nSPS) is 24.6. The van der Waals surface area contributed by atoms with Crippen molar-refractivity contribution >= 4 is 11.4 Å². The molecule has 2 aliphatic carbocycles. The first-order chi connectivity index (χ1) is 21.1. The molecule has 2 aliphatic heterocycles. The van der Waals surface area contributed by atoms with Gasteiger partial charge in [-0.25, -0.2) is 18.3 Å². The van der Waals surface area contributed by atoms with Gasteiger partial charge in [0, 0.05) is 48.7 Å². The molecule has 0 amide bonds. The average molecular weight is 644 g/mol. The molecule has 7 nitrogen and oxygen atoms in total. The summed E-state index contributed by atoms with van der Waals surface area (Å²) in [6.45, 7) is 7.33. The molecule has 1 saturated heterocycles. The second kappa shape index (κ2) is 11.1. The molecular weight excluding hydrogens is 610 g/mol. The van der Waals surface area contributed by atoms with Crippen molar-refractivity contribution in [2.45, 2.75) is 69.4 Å². The molecule has 0 bridgehead atoms. The third kappa shape index (κ3) is 6.19. The maximum absolute atomic E-state index is 14.1. The van der Waals surface area contributed by atoms with Gasteiger partial charge in [0.1, 0.15) is 5.41 Å². The van der Waals surface area contributed by atoms with E-state index in [9.17, 15) is 35.1 Å². The molecule has 15 heteroatoms. The van der Waals surface area contributed by atoms with Crippen molar-refractivity contribution < 1.29 is 35.1 Å². The van der Waals surface area contributed by atoms with Gasteiger partial charge < -0.3 is 10.6 Å². The number of hydrogen-bond donors (Lipinski definition) is 2. The standard InChI is InChI=1S/C30H33F8N7/c1-17-20(14-44(16-40-17)30(36,37)38)13-21-3-4-24-42-23(15-45(24)43-21)25(19-5-8-28(31,32)9-6-19)41-18(2)22-7-12-39-26(22)27(10-11-27)29(33,34)35/h3-4,7,15,19-20,25,40-41H,1-2,5-6,8-14,16H2. The van der Waals surface area contributed by atoms with Gasteiger partial charge in [0.15, 0.2) is 5.65 Å². The van der Waals surface area contributed by atoms with Crippen LogP contribution in [-0.4, -0.2) is 63.4 Å². The monoisotopic (exact) mass is 643 g/mol. The smallest absolute Gasteiger partial charge is 0.376 e. The predicted molar refractivity (Wildman–Crippen MR) is 150 cm³/mol. The molecule has 4 heterocycles. The van der Waals surface area contributed by atoms with E-state index in [4.69, 9.17) is 0 Å². The first-order valence-corrected chi connectivity index (χ1v) is 14.8. The van der Waals surface area contributed by atoms with Crippen molar-refractivity contribution in [2.24, 2.45) is 22.2 Å². The Bertz CT molecular complexity index is 1540. The van der Waals surface area contributed by atoms with Crippen molar-refractivity contribution in [1.82, 2.24) is 30.1 Å². The summed E-state index contributed by atoms with van der Waals surface area (Å²) in [6.07, 6.45) is -6.04. The molecule has 2 aromatic rings. The second-order valence-corrected chi connectivity index (χ2v) is 12.4. The lowest BCUT2D eigenvalue weighted by atomic mass is 9.80. The minimum Gasteiger partial charge on any atom is -0.376 e. The maximum atomic E-state index is 14.1. The van der Waals surface area contributed by atoms with Crippen LogP contribution in [0.4, 0.5) is 35.1 Å². The summed E-state index contributed by atoms with van der Waals surface area (Å²) >= 11 is 0. The Morgan fingerprint density at radius 2 is 1.80 bits per heavy atom. The number of alkyl halides is 8. The third-order valence-corrected chi connectivity index (χ3v) is 9.39. The molecule has 45 heavy (non-hydrogen) atoms. The molecule has 4 aliphatic rings. The van der Waals surface area contributed by atoms with Crippen LogP contribution in [0.15, 0.2) is 59.5 Å². The number of nitrogens with one attached hydrogen (secondary N) is 2. The minimum absolute atomic E-state index is 0.0504. The van der Waals surface area contributed by atoms with Gasteiger partial charge in [-0.2, -0.15) is 36.3 Å². The Labute approximate surface area is 254 Å². The predicted octanol–water partition coefficient (Wildman–Crippen LogP) is 6.48. The zero-order chi connectivity index (χ0) is 32.4. The summed E-state index contributed by atoms with van der Waals surface area (Å²) in [4.78, 5) is 9.20. The fraction of sp³-hybridized carbons (Fsp3) is 0.567. The SMILES string of the molecule is C=C(NC(c1cn2nc(CC3CN(C(F)(F)F)CNC3=C)ccc2n1)C1CCC(F)(F)CC1)C1=CCN=C1C1(C(F)(F)F)CC1. The molecule has 2 unspecified atom stereocenters. The van der Waals surface area contributed by atoms with Gasteiger partial charge in [-0.3, -0.25) is 4.99 Å². The van der Waals surface area contributed by atoms with Crippen LogP contribution in [0.2, 0.25) is 0 Å². The van der Waals surface area contributed by atoms with E-state index < -0.39 is 35.8 Å². The van der Waals surface area contributed by atoms with E-state index in [-0.39, 0.29) is 87.6 Å². The number of nitrogens with zero attached hydrogens (tertiary/aromatic N) is 5. The number of halogens is 8.